The van der Waals surface area contributed by atoms with Gasteiger partial charge in [0.1, 0.15) is 17.2 Å². The number of aryl methyl sites for hydroxylation is 1. The summed E-state index contributed by atoms with van der Waals surface area (Å²) >= 11 is 0. The van der Waals surface area contributed by atoms with Crippen LogP contribution in [0.2, 0.25) is 0 Å². The number of amidine groups is 1. The fourth-order valence-corrected chi connectivity index (χ4v) is 5.67. The van der Waals surface area contributed by atoms with E-state index in [1.807, 2.05) is 66.8 Å². The van der Waals surface area contributed by atoms with Crippen molar-refractivity contribution in [3.05, 3.63) is 95.3 Å². The molecule has 1 aromatic heterocycles. The lowest BCUT2D eigenvalue weighted by molar-refractivity contribution is -0.144. The number of ether oxygens (including phenoxy) is 1. The lowest BCUT2D eigenvalue weighted by Gasteiger charge is -2.34. The maximum atomic E-state index is 13.8. The molecule has 1 saturated heterocycles. The number of carbonyl (C=O) groups excluding carboxylic acids is 3. The first-order valence-electron chi connectivity index (χ1n) is 16.1. The summed E-state index contributed by atoms with van der Waals surface area (Å²) in [6.45, 7) is 5.99. The van der Waals surface area contributed by atoms with Gasteiger partial charge >= 0.3 is 5.97 Å². The second kappa shape index (κ2) is 15.0. The van der Waals surface area contributed by atoms with Gasteiger partial charge in [-0.2, -0.15) is 0 Å². The van der Waals surface area contributed by atoms with Crippen LogP contribution >= 0.6 is 0 Å². The molecule has 3 aromatic carbocycles. The predicted molar refractivity (Wildman–Crippen MR) is 182 cm³/mol. The molecule has 11 nitrogen and oxygen atoms in total. The maximum absolute atomic E-state index is 13.8. The van der Waals surface area contributed by atoms with Gasteiger partial charge in [0.15, 0.2) is 0 Å². The molecule has 0 bridgehead atoms. The van der Waals surface area contributed by atoms with E-state index >= 15 is 0 Å². The summed E-state index contributed by atoms with van der Waals surface area (Å²) in [7, 11) is 1.95. The Hall–Kier alpha value is -5.03. The van der Waals surface area contributed by atoms with Gasteiger partial charge in [-0.05, 0) is 80.3 Å². The van der Waals surface area contributed by atoms with Crippen LogP contribution < -0.4 is 16.0 Å². The number of aromatic nitrogens is 2. The number of unbranched alkanes of at least 4 members (excludes halogenated alkanes) is 1. The lowest BCUT2D eigenvalue weighted by Crippen LogP contribution is -2.54. The summed E-state index contributed by atoms with van der Waals surface area (Å²) in [6, 6.07) is 21.9. The van der Waals surface area contributed by atoms with E-state index in [2.05, 4.69) is 16.0 Å². The number of nitrogens with one attached hydrogen (secondary N) is 4. The van der Waals surface area contributed by atoms with Gasteiger partial charge in [-0.15, -0.1) is 0 Å². The van der Waals surface area contributed by atoms with Crippen LogP contribution in [0.25, 0.3) is 11.0 Å². The van der Waals surface area contributed by atoms with Gasteiger partial charge in [-0.3, -0.25) is 25.1 Å². The quantitative estimate of drug-likeness (QED) is 0.0720. The first kappa shape index (κ1) is 33.3. The zero-order valence-electron chi connectivity index (χ0n) is 27.3. The van der Waals surface area contributed by atoms with E-state index in [9.17, 15) is 14.4 Å². The Morgan fingerprint density at radius 3 is 2.40 bits per heavy atom. The molecule has 0 unspecified atom stereocenters. The second-order valence-electron chi connectivity index (χ2n) is 12.0. The SMILES string of the molecule is CCCCOC(=O)CN[C@@](C)(C(=O)N1CCCC1)c1ccc2c(c1)nc(CNc1ccc(C(=N)NC(=O)c3ccccc3)cc1)n2C. The minimum absolute atomic E-state index is 0.0228. The van der Waals surface area contributed by atoms with Gasteiger partial charge in [0.05, 0.1) is 30.7 Å². The summed E-state index contributed by atoms with van der Waals surface area (Å²) in [5, 5.41) is 17.6. The Bertz CT molecular complexity index is 1730. The van der Waals surface area contributed by atoms with Crippen LogP contribution in [0.4, 0.5) is 5.69 Å². The second-order valence-corrected chi connectivity index (χ2v) is 12.0. The van der Waals surface area contributed by atoms with Crippen molar-refractivity contribution >= 4 is 40.3 Å². The first-order valence-corrected chi connectivity index (χ1v) is 16.1. The summed E-state index contributed by atoms with van der Waals surface area (Å²) in [5.74, 6) is 0.0423. The zero-order chi connectivity index (χ0) is 33.4. The smallest absolute Gasteiger partial charge is 0.319 e. The van der Waals surface area contributed by atoms with Crippen LogP contribution in [-0.2, 0) is 33.5 Å². The van der Waals surface area contributed by atoms with Crippen molar-refractivity contribution in [3.8, 4) is 0 Å². The molecule has 1 aliphatic rings. The third-order valence-electron chi connectivity index (χ3n) is 8.62. The number of hydrogen-bond acceptors (Lipinski definition) is 8. The van der Waals surface area contributed by atoms with Crippen LogP contribution in [0, 0.1) is 5.41 Å². The van der Waals surface area contributed by atoms with E-state index in [4.69, 9.17) is 15.1 Å². The van der Waals surface area contributed by atoms with E-state index in [1.165, 1.54) is 0 Å². The standard InChI is InChI=1S/C36H43N7O4/c1-4-5-21-47-32(44)24-39-36(2,35(46)43-19-9-10-20-43)27-15-18-30-29(22-27)40-31(42(30)3)23-38-28-16-13-25(14-17-28)33(37)41-34(45)26-11-7-6-8-12-26/h6-8,11-18,22,38-39H,4-5,9-10,19-21,23-24H2,1-3H3,(H2,37,41,45)/t36-/m1/s1. The fraction of sp³-hybridized carbons (Fsp3) is 0.361. The van der Waals surface area contributed by atoms with Gasteiger partial charge in [0.2, 0.25) is 5.91 Å². The number of rotatable bonds is 13. The summed E-state index contributed by atoms with van der Waals surface area (Å²) in [4.78, 5) is 45.5. The van der Waals surface area contributed by atoms with Gasteiger partial charge in [-0.25, -0.2) is 4.98 Å². The van der Waals surface area contributed by atoms with Gasteiger partial charge in [0.25, 0.3) is 5.91 Å². The molecule has 47 heavy (non-hydrogen) atoms. The monoisotopic (exact) mass is 637 g/mol. The Labute approximate surface area is 275 Å². The molecule has 1 aliphatic heterocycles. The number of likely N-dealkylation sites (tertiary alicyclic amines) is 1. The van der Waals surface area contributed by atoms with Crippen molar-refractivity contribution < 1.29 is 19.1 Å². The van der Waals surface area contributed by atoms with Gasteiger partial charge in [0, 0.05) is 37.0 Å². The highest BCUT2D eigenvalue weighted by Crippen LogP contribution is 2.29. The molecule has 1 fully saturated rings. The minimum Gasteiger partial charge on any atom is -0.465 e. The minimum atomic E-state index is -1.13. The van der Waals surface area contributed by atoms with Crippen molar-refractivity contribution in [2.24, 2.45) is 7.05 Å². The molecule has 0 saturated carbocycles. The van der Waals surface area contributed by atoms with Crippen molar-refractivity contribution in [2.45, 2.75) is 51.6 Å². The topological polar surface area (TPSA) is 141 Å². The highest BCUT2D eigenvalue weighted by atomic mass is 16.5. The molecule has 1 atom stereocenters. The molecule has 0 radical (unpaired) electrons. The number of benzene rings is 3. The number of nitrogens with zero attached hydrogens (tertiary/aromatic N) is 3. The molecule has 2 amide bonds. The van der Waals surface area contributed by atoms with E-state index < -0.39 is 5.54 Å². The molecule has 4 aromatic rings. The molecule has 2 heterocycles. The van der Waals surface area contributed by atoms with Crippen LogP contribution in [0.3, 0.4) is 0 Å². The number of fused-ring (bicyclic) bond motifs is 1. The molecule has 5 rings (SSSR count). The van der Waals surface area contributed by atoms with Crippen LogP contribution in [-0.4, -0.2) is 64.3 Å². The molecular weight excluding hydrogens is 594 g/mol. The first-order chi connectivity index (χ1) is 22.7. The summed E-state index contributed by atoms with van der Waals surface area (Å²) in [5.41, 5.74) is 3.18. The lowest BCUT2D eigenvalue weighted by atomic mass is 9.89. The average molecular weight is 638 g/mol. The number of carbonyl (C=O) groups is 3. The van der Waals surface area contributed by atoms with Crippen molar-refractivity contribution in [1.82, 2.24) is 25.1 Å². The Balaban J connectivity index is 1.27. The number of esters is 1. The van der Waals surface area contributed by atoms with E-state index in [0.717, 1.165) is 53.8 Å². The van der Waals surface area contributed by atoms with Crippen LogP contribution in [0.1, 0.15) is 66.8 Å². The van der Waals surface area contributed by atoms with Gasteiger partial charge < -0.3 is 24.8 Å². The third kappa shape index (κ3) is 7.86. The Kier molecular flexibility index (Phi) is 10.7. The fourth-order valence-electron chi connectivity index (χ4n) is 5.67. The molecular formula is C36H43N7O4. The molecule has 4 N–H and O–H groups in total. The number of hydrogen-bond donors (Lipinski definition) is 4. The highest BCUT2D eigenvalue weighted by Gasteiger charge is 2.40. The number of anilines is 1. The van der Waals surface area contributed by atoms with E-state index in [0.29, 0.717) is 37.4 Å². The van der Waals surface area contributed by atoms with Crippen molar-refractivity contribution in [3.63, 3.8) is 0 Å². The molecule has 0 aliphatic carbocycles. The van der Waals surface area contributed by atoms with Crippen LogP contribution in [0.5, 0.6) is 0 Å². The predicted octanol–water partition coefficient (Wildman–Crippen LogP) is 4.71. The maximum Gasteiger partial charge on any atom is 0.319 e. The number of imidazole rings is 1. The third-order valence-corrected chi connectivity index (χ3v) is 8.62. The average Bonchev–Trinajstić information content (AvgIpc) is 3.74. The molecule has 11 heteroatoms. The zero-order valence-corrected chi connectivity index (χ0v) is 27.3. The Morgan fingerprint density at radius 2 is 1.70 bits per heavy atom. The van der Waals surface area contributed by atoms with E-state index in [1.54, 1.807) is 36.4 Å². The molecule has 0 spiro atoms. The summed E-state index contributed by atoms with van der Waals surface area (Å²) in [6.07, 6.45) is 3.66. The molecule has 246 valence electrons. The summed E-state index contributed by atoms with van der Waals surface area (Å²) < 4.78 is 7.35. The highest BCUT2D eigenvalue weighted by molar-refractivity contribution is 6.11. The normalized spacial score (nSPS) is 14.1. The van der Waals surface area contributed by atoms with Crippen molar-refractivity contribution in [2.75, 3.05) is 31.6 Å². The van der Waals surface area contributed by atoms with Crippen molar-refractivity contribution in [1.29, 1.82) is 5.41 Å². The largest absolute Gasteiger partial charge is 0.465 e. The van der Waals surface area contributed by atoms with Gasteiger partial charge in [-0.1, -0.05) is 37.6 Å². The Morgan fingerprint density at radius 1 is 0.979 bits per heavy atom. The van der Waals surface area contributed by atoms with E-state index in [-0.39, 0.29) is 30.2 Å². The van der Waals surface area contributed by atoms with Crippen LogP contribution in [0.15, 0.2) is 72.8 Å². The number of amides is 2.